The van der Waals surface area contributed by atoms with Crippen LogP contribution >= 0.6 is 11.6 Å². The van der Waals surface area contributed by atoms with Crippen LogP contribution in [0.25, 0.3) is 10.8 Å². The van der Waals surface area contributed by atoms with Crippen LogP contribution < -0.4 is 5.32 Å². The van der Waals surface area contributed by atoms with E-state index in [1.165, 1.54) is 17.4 Å². The van der Waals surface area contributed by atoms with Gasteiger partial charge in [0.1, 0.15) is 0 Å². The summed E-state index contributed by atoms with van der Waals surface area (Å²) < 4.78 is 5.66. The van der Waals surface area contributed by atoms with Gasteiger partial charge in [0, 0.05) is 29.0 Å². The lowest BCUT2D eigenvalue weighted by molar-refractivity contribution is 0.0404. The third-order valence-corrected chi connectivity index (χ3v) is 4.55. The van der Waals surface area contributed by atoms with Gasteiger partial charge in [-0.1, -0.05) is 41.9 Å². The zero-order chi connectivity index (χ0) is 13.9. The van der Waals surface area contributed by atoms with Crippen LogP contribution in [-0.2, 0) is 4.74 Å². The molecule has 1 aliphatic heterocycles. The minimum absolute atomic E-state index is 0.317. The first kappa shape index (κ1) is 13.9. The SMILES string of the molecule is CNC(c1ccc(Cl)c2ccccc12)C1CCCOC1. The summed E-state index contributed by atoms with van der Waals surface area (Å²) in [6, 6.07) is 12.8. The van der Waals surface area contributed by atoms with Gasteiger partial charge in [0.2, 0.25) is 0 Å². The van der Waals surface area contributed by atoms with E-state index >= 15 is 0 Å². The predicted molar refractivity (Wildman–Crippen MR) is 84.3 cm³/mol. The zero-order valence-corrected chi connectivity index (χ0v) is 12.5. The van der Waals surface area contributed by atoms with Crippen LogP contribution in [0.15, 0.2) is 36.4 Å². The van der Waals surface area contributed by atoms with Gasteiger partial charge in [-0.15, -0.1) is 0 Å². The molecule has 1 fully saturated rings. The Bertz CT molecular complexity index is 593. The Morgan fingerprint density at radius 3 is 2.70 bits per heavy atom. The van der Waals surface area contributed by atoms with Gasteiger partial charge in [-0.2, -0.15) is 0 Å². The molecule has 0 aliphatic carbocycles. The van der Waals surface area contributed by atoms with E-state index in [2.05, 4.69) is 29.6 Å². The second-order valence-corrected chi connectivity index (χ2v) is 5.83. The standard InChI is InChI=1S/C17H20ClNO/c1-19-17(12-5-4-10-20-11-12)15-8-9-16(18)14-7-3-2-6-13(14)15/h2-3,6-9,12,17,19H,4-5,10-11H2,1H3. The maximum Gasteiger partial charge on any atom is 0.0512 e. The lowest BCUT2D eigenvalue weighted by Gasteiger charge is -2.31. The van der Waals surface area contributed by atoms with Gasteiger partial charge in [0.05, 0.1) is 6.61 Å². The van der Waals surface area contributed by atoms with Crippen LogP contribution in [0.2, 0.25) is 5.02 Å². The third kappa shape index (κ3) is 2.56. The Morgan fingerprint density at radius 1 is 1.20 bits per heavy atom. The average molecular weight is 290 g/mol. The van der Waals surface area contributed by atoms with Crippen molar-refractivity contribution in [3.8, 4) is 0 Å². The smallest absolute Gasteiger partial charge is 0.0512 e. The molecule has 106 valence electrons. The largest absolute Gasteiger partial charge is 0.381 e. The normalized spacial score (nSPS) is 21.0. The number of hydrogen-bond acceptors (Lipinski definition) is 2. The minimum Gasteiger partial charge on any atom is -0.381 e. The summed E-state index contributed by atoms with van der Waals surface area (Å²) in [5.74, 6) is 0.526. The first-order chi connectivity index (χ1) is 9.81. The van der Waals surface area contributed by atoms with Crippen LogP contribution in [-0.4, -0.2) is 20.3 Å². The molecule has 0 saturated carbocycles. The van der Waals surface area contributed by atoms with Crippen molar-refractivity contribution >= 4 is 22.4 Å². The Balaban J connectivity index is 2.05. The van der Waals surface area contributed by atoms with E-state index in [-0.39, 0.29) is 0 Å². The molecule has 2 unspecified atom stereocenters. The molecule has 0 spiro atoms. The van der Waals surface area contributed by atoms with Crippen molar-refractivity contribution < 1.29 is 4.74 Å². The summed E-state index contributed by atoms with van der Waals surface area (Å²) >= 11 is 6.32. The maximum absolute atomic E-state index is 6.32. The van der Waals surface area contributed by atoms with Crippen LogP contribution in [0.5, 0.6) is 0 Å². The number of fused-ring (bicyclic) bond motifs is 1. The van der Waals surface area contributed by atoms with Crippen molar-refractivity contribution in [1.82, 2.24) is 5.32 Å². The highest BCUT2D eigenvalue weighted by Crippen LogP contribution is 2.35. The molecule has 0 amide bonds. The van der Waals surface area contributed by atoms with E-state index < -0.39 is 0 Å². The molecule has 3 heteroatoms. The molecule has 2 aromatic carbocycles. The first-order valence-electron chi connectivity index (χ1n) is 7.23. The second kappa shape index (κ2) is 6.13. The number of ether oxygens (including phenoxy) is 1. The van der Waals surface area contributed by atoms with E-state index in [1.54, 1.807) is 0 Å². The van der Waals surface area contributed by atoms with Crippen molar-refractivity contribution in [1.29, 1.82) is 0 Å². The third-order valence-electron chi connectivity index (χ3n) is 4.22. The summed E-state index contributed by atoms with van der Waals surface area (Å²) in [5, 5.41) is 6.66. The minimum atomic E-state index is 0.317. The highest BCUT2D eigenvalue weighted by atomic mass is 35.5. The fraction of sp³-hybridized carbons (Fsp3) is 0.412. The fourth-order valence-corrected chi connectivity index (χ4v) is 3.46. The Kier molecular flexibility index (Phi) is 4.25. The summed E-state index contributed by atoms with van der Waals surface area (Å²) in [4.78, 5) is 0. The molecule has 2 nitrogen and oxygen atoms in total. The second-order valence-electron chi connectivity index (χ2n) is 5.43. The molecule has 0 bridgehead atoms. The van der Waals surface area contributed by atoms with E-state index in [4.69, 9.17) is 16.3 Å². The molecule has 1 N–H and O–H groups in total. The molecule has 1 heterocycles. The van der Waals surface area contributed by atoms with Gasteiger partial charge in [-0.05, 0) is 36.9 Å². The van der Waals surface area contributed by atoms with Crippen molar-refractivity contribution in [3.05, 3.63) is 47.0 Å². The monoisotopic (exact) mass is 289 g/mol. The van der Waals surface area contributed by atoms with Crippen LogP contribution in [0.1, 0.15) is 24.4 Å². The van der Waals surface area contributed by atoms with Crippen molar-refractivity contribution in [3.63, 3.8) is 0 Å². The van der Waals surface area contributed by atoms with Gasteiger partial charge in [0.25, 0.3) is 0 Å². The highest BCUT2D eigenvalue weighted by molar-refractivity contribution is 6.35. The Labute approximate surface area is 125 Å². The molecule has 1 saturated heterocycles. The van der Waals surface area contributed by atoms with Gasteiger partial charge in [0.15, 0.2) is 0 Å². The number of rotatable bonds is 3. The Hall–Kier alpha value is -1.09. The molecule has 2 aromatic rings. The number of nitrogens with one attached hydrogen (secondary N) is 1. The topological polar surface area (TPSA) is 21.3 Å². The molecule has 0 radical (unpaired) electrons. The summed E-state index contributed by atoms with van der Waals surface area (Å²) in [6.45, 7) is 1.73. The number of benzene rings is 2. The van der Waals surface area contributed by atoms with Crippen molar-refractivity contribution in [2.75, 3.05) is 20.3 Å². The molecule has 3 rings (SSSR count). The predicted octanol–water partition coefficient (Wildman–Crippen LogP) is 4.18. The first-order valence-corrected chi connectivity index (χ1v) is 7.61. The molecular formula is C17H20ClNO. The number of hydrogen-bond donors (Lipinski definition) is 1. The fourth-order valence-electron chi connectivity index (χ4n) is 3.23. The summed E-state index contributed by atoms with van der Waals surface area (Å²) in [5.41, 5.74) is 1.32. The van der Waals surface area contributed by atoms with Crippen LogP contribution in [0, 0.1) is 5.92 Å². The zero-order valence-electron chi connectivity index (χ0n) is 11.7. The van der Waals surface area contributed by atoms with Gasteiger partial charge in [-0.3, -0.25) is 0 Å². The molecule has 0 aromatic heterocycles. The van der Waals surface area contributed by atoms with Crippen molar-refractivity contribution in [2.24, 2.45) is 5.92 Å². The molecule has 20 heavy (non-hydrogen) atoms. The van der Waals surface area contributed by atoms with Crippen molar-refractivity contribution in [2.45, 2.75) is 18.9 Å². The molecule has 1 aliphatic rings. The molecule has 2 atom stereocenters. The highest BCUT2D eigenvalue weighted by Gasteiger charge is 2.25. The van der Waals surface area contributed by atoms with Crippen LogP contribution in [0.3, 0.4) is 0 Å². The lowest BCUT2D eigenvalue weighted by Crippen LogP contribution is -2.31. The molecular weight excluding hydrogens is 270 g/mol. The lowest BCUT2D eigenvalue weighted by atomic mass is 9.86. The summed E-state index contributed by atoms with van der Waals surface area (Å²) in [6.07, 6.45) is 2.36. The van der Waals surface area contributed by atoms with Crippen LogP contribution in [0.4, 0.5) is 0 Å². The number of halogens is 1. The summed E-state index contributed by atoms with van der Waals surface area (Å²) in [7, 11) is 2.03. The Morgan fingerprint density at radius 2 is 2.00 bits per heavy atom. The van der Waals surface area contributed by atoms with E-state index in [0.29, 0.717) is 12.0 Å². The van der Waals surface area contributed by atoms with E-state index in [9.17, 15) is 0 Å². The quantitative estimate of drug-likeness (QED) is 0.915. The van der Waals surface area contributed by atoms with Gasteiger partial charge in [-0.25, -0.2) is 0 Å². The average Bonchev–Trinajstić information content (AvgIpc) is 2.52. The van der Waals surface area contributed by atoms with Gasteiger partial charge < -0.3 is 10.1 Å². The van der Waals surface area contributed by atoms with E-state index in [0.717, 1.165) is 30.0 Å². The van der Waals surface area contributed by atoms with E-state index in [1.807, 2.05) is 19.2 Å². The maximum atomic E-state index is 6.32. The van der Waals surface area contributed by atoms with Gasteiger partial charge >= 0.3 is 0 Å².